The summed E-state index contributed by atoms with van der Waals surface area (Å²) in [6.07, 6.45) is 11.2. The molecule has 4 aliphatic rings. The molecule has 2 aliphatic carbocycles. The molecule has 10 rings (SSSR count). The number of aryl methyl sites for hydroxylation is 4. The lowest BCUT2D eigenvalue weighted by Crippen LogP contribution is -2.34. The summed E-state index contributed by atoms with van der Waals surface area (Å²) in [5, 5.41) is 10.5. The zero-order chi connectivity index (χ0) is 46.6. The van der Waals surface area contributed by atoms with E-state index >= 15 is 0 Å². The molecule has 2 aliphatic heterocycles. The Bertz CT molecular complexity index is 2660. The molecule has 4 aromatic heterocycles. The fourth-order valence-corrected chi connectivity index (χ4v) is 10.00. The molecule has 0 radical (unpaired) electrons. The normalized spacial score (nSPS) is 19.6. The first-order valence-electron chi connectivity index (χ1n) is 23.3. The van der Waals surface area contributed by atoms with Gasteiger partial charge in [-0.25, -0.2) is 27.8 Å². The van der Waals surface area contributed by atoms with Crippen molar-refractivity contribution in [3.8, 4) is 11.5 Å². The van der Waals surface area contributed by atoms with E-state index < -0.39 is 11.6 Å². The number of carbonyl (C=O) groups is 2. The molecule has 0 unspecified atom stereocenters. The average Bonchev–Trinajstić information content (AvgIpc) is 4.04. The van der Waals surface area contributed by atoms with Gasteiger partial charge in [-0.3, -0.25) is 9.59 Å². The number of nitrogens with zero attached hydrogens (tertiary/aromatic N) is 8. The first-order valence-corrected chi connectivity index (χ1v) is 24.0. The predicted octanol–water partition coefficient (Wildman–Crippen LogP) is 11.3. The Morgan fingerprint density at radius 3 is 1.41 bits per heavy atom. The molecule has 0 bridgehead atoms. The summed E-state index contributed by atoms with van der Waals surface area (Å²) in [4.78, 5) is 39.5. The van der Waals surface area contributed by atoms with Crippen molar-refractivity contribution in [3.63, 3.8) is 0 Å². The Morgan fingerprint density at radius 1 is 0.636 bits per heavy atom. The van der Waals surface area contributed by atoms with Crippen molar-refractivity contribution in [2.24, 2.45) is 11.8 Å². The van der Waals surface area contributed by atoms with Crippen molar-refractivity contribution in [2.45, 2.75) is 144 Å². The number of rotatable bonds is 12. The fourth-order valence-electron chi connectivity index (χ4n) is 9.75. The van der Waals surface area contributed by atoms with Crippen LogP contribution in [0.1, 0.15) is 144 Å². The maximum Gasteiger partial charge on any atom is 0.258 e. The van der Waals surface area contributed by atoms with Crippen LogP contribution in [0.3, 0.4) is 0 Å². The summed E-state index contributed by atoms with van der Waals surface area (Å²) in [6, 6.07) is 8.33. The molecule has 66 heavy (non-hydrogen) atoms. The van der Waals surface area contributed by atoms with Crippen molar-refractivity contribution in [2.75, 3.05) is 0 Å². The molecule has 0 spiro atoms. The molecule has 348 valence electrons. The molecule has 2 amide bonds. The van der Waals surface area contributed by atoms with Gasteiger partial charge in [-0.1, -0.05) is 75.6 Å². The minimum absolute atomic E-state index is 0.0418. The quantitative estimate of drug-likeness (QED) is 0.119. The first kappa shape index (κ1) is 45.8. The highest BCUT2D eigenvalue weighted by molar-refractivity contribution is 6.32. The van der Waals surface area contributed by atoms with E-state index in [1.165, 1.54) is 74.9 Å². The van der Waals surface area contributed by atoms with Crippen molar-refractivity contribution < 1.29 is 27.8 Å². The van der Waals surface area contributed by atoms with Crippen LogP contribution in [0.2, 0.25) is 10.0 Å². The van der Waals surface area contributed by atoms with E-state index in [1.54, 1.807) is 18.8 Å². The van der Waals surface area contributed by atoms with Crippen molar-refractivity contribution >= 4 is 46.3 Å². The van der Waals surface area contributed by atoms with Crippen LogP contribution in [0.4, 0.5) is 8.78 Å². The number of amides is 2. The van der Waals surface area contributed by atoms with Gasteiger partial charge in [-0.05, 0) is 89.5 Å². The number of unbranched alkanes of at least 4 members (excludes halogenated alkanes) is 2. The Hall–Kier alpha value is -5.34. The Morgan fingerprint density at radius 2 is 1.03 bits per heavy atom. The highest BCUT2D eigenvalue weighted by Gasteiger charge is 2.36. The number of hydrogen-bond donors (Lipinski definition) is 0. The molecule has 0 atom stereocenters. The Balaban J connectivity index is 0.000000166. The van der Waals surface area contributed by atoms with Crippen LogP contribution in [0.25, 0.3) is 11.3 Å². The lowest BCUT2D eigenvalue weighted by Gasteiger charge is -2.36. The number of ether oxygens (including phenoxy) is 2. The zero-order valence-electron chi connectivity index (χ0n) is 38.4. The van der Waals surface area contributed by atoms with E-state index in [9.17, 15) is 18.4 Å². The lowest BCUT2D eigenvalue weighted by atomic mass is 9.79. The van der Waals surface area contributed by atoms with Crippen LogP contribution >= 0.6 is 23.2 Å². The van der Waals surface area contributed by atoms with Gasteiger partial charge in [0.2, 0.25) is 0 Å². The SMILES string of the molecule is CCCCC1CC(Oc2cc(F)ccc2C(=O)N2Cc3nn4c(C)c(Cl)c(C)nc4c3C2)C1.CCCCC1CC(Oc2cc(F)ccc2C(=O)N2Cc3nn4c(C)c(Cl)c(C)nc4c3C2)C1. The molecular weight excluding hydrogens is 886 g/mol. The van der Waals surface area contributed by atoms with E-state index in [1.807, 2.05) is 27.7 Å². The summed E-state index contributed by atoms with van der Waals surface area (Å²) in [6.45, 7) is 13.4. The number of aromatic nitrogens is 6. The van der Waals surface area contributed by atoms with Gasteiger partial charge in [0.1, 0.15) is 23.1 Å². The summed E-state index contributed by atoms with van der Waals surface area (Å²) >= 11 is 12.7. The topological polar surface area (TPSA) is 119 Å². The van der Waals surface area contributed by atoms with Crippen LogP contribution in [0.5, 0.6) is 11.5 Å². The van der Waals surface area contributed by atoms with E-state index in [0.717, 1.165) is 82.3 Å². The van der Waals surface area contributed by atoms with Crippen LogP contribution < -0.4 is 9.47 Å². The zero-order valence-corrected chi connectivity index (χ0v) is 39.9. The smallest absolute Gasteiger partial charge is 0.258 e. The van der Waals surface area contributed by atoms with Crippen LogP contribution in [-0.2, 0) is 26.2 Å². The van der Waals surface area contributed by atoms with Crippen molar-refractivity contribution in [1.82, 2.24) is 39.0 Å². The molecular formula is C50H56Cl2F2N8O4. The van der Waals surface area contributed by atoms with Gasteiger partial charge in [0.25, 0.3) is 11.8 Å². The summed E-state index contributed by atoms with van der Waals surface area (Å²) in [7, 11) is 0. The third kappa shape index (κ3) is 8.82. The highest BCUT2D eigenvalue weighted by atomic mass is 35.5. The number of hydrogen-bond acceptors (Lipinski definition) is 8. The lowest BCUT2D eigenvalue weighted by molar-refractivity contribution is 0.0553. The van der Waals surface area contributed by atoms with Gasteiger partial charge in [0.15, 0.2) is 11.3 Å². The van der Waals surface area contributed by atoms with Crippen LogP contribution in [0.15, 0.2) is 36.4 Å². The van der Waals surface area contributed by atoms with Crippen LogP contribution in [-0.4, -0.2) is 63.0 Å². The van der Waals surface area contributed by atoms with Crippen molar-refractivity contribution in [1.29, 1.82) is 0 Å². The third-order valence-corrected chi connectivity index (χ3v) is 14.8. The minimum atomic E-state index is -0.405. The van der Waals surface area contributed by atoms with E-state index in [0.29, 0.717) is 70.7 Å². The molecule has 12 nitrogen and oxygen atoms in total. The highest BCUT2D eigenvalue weighted by Crippen LogP contribution is 2.39. The number of benzene rings is 2. The van der Waals surface area contributed by atoms with Gasteiger partial charge in [-0.15, -0.1) is 0 Å². The first-order chi connectivity index (χ1) is 31.7. The van der Waals surface area contributed by atoms with Gasteiger partial charge in [0, 0.05) is 23.3 Å². The summed E-state index contributed by atoms with van der Waals surface area (Å²) in [5.41, 5.74) is 8.83. The van der Waals surface area contributed by atoms with Crippen molar-refractivity contribution in [3.05, 3.63) is 114 Å². The molecule has 2 aromatic carbocycles. The van der Waals surface area contributed by atoms with E-state index in [2.05, 4.69) is 34.0 Å². The van der Waals surface area contributed by atoms with Gasteiger partial charge in [0.05, 0.1) is 93.7 Å². The van der Waals surface area contributed by atoms with Gasteiger partial charge >= 0.3 is 0 Å². The molecule has 2 fully saturated rings. The standard InChI is InChI=1S/2C25H28ClFN4O2/c2*1-4-5-6-16-9-18(10-16)33-22-11-17(27)7-8-19(22)25(32)30-12-20-21(13-30)29-31-15(3)23(26)14(2)28-24(20)31/h2*7-8,11,16,18H,4-6,9-10,12-13H2,1-3H3. The Kier molecular flexibility index (Phi) is 13.0. The van der Waals surface area contributed by atoms with Crippen LogP contribution in [0, 0.1) is 51.2 Å². The molecule has 0 saturated heterocycles. The number of halogens is 4. The fraction of sp³-hybridized carbons (Fsp3) is 0.480. The molecule has 6 heterocycles. The minimum Gasteiger partial charge on any atom is -0.489 e. The molecule has 6 aromatic rings. The van der Waals surface area contributed by atoms with Gasteiger partial charge < -0.3 is 19.3 Å². The van der Waals surface area contributed by atoms with E-state index in [4.69, 9.17) is 32.7 Å². The van der Waals surface area contributed by atoms with E-state index in [-0.39, 0.29) is 24.0 Å². The second-order valence-corrected chi connectivity index (χ2v) is 19.3. The number of carbonyl (C=O) groups excluding carboxylic acids is 2. The predicted molar refractivity (Wildman–Crippen MR) is 248 cm³/mol. The average molecular weight is 942 g/mol. The number of fused-ring (bicyclic) bond motifs is 6. The summed E-state index contributed by atoms with van der Waals surface area (Å²) in [5.74, 6) is 0.802. The second-order valence-electron chi connectivity index (χ2n) is 18.6. The maximum absolute atomic E-state index is 14.0. The summed E-state index contributed by atoms with van der Waals surface area (Å²) < 4.78 is 43.7. The monoisotopic (exact) mass is 940 g/mol. The van der Waals surface area contributed by atoms with Gasteiger partial charge in [-0.2, -0.15) is 10.2 Å². The molecule has 0 N–H and O–H groups in total. The third-order valence-electron chi connectivity index (χ3n) is 13.7. The molecule has 16 heteroatoms. The largest absolute Gasteiger partial charge is 0.489 e. The second kappa shape index (κ2) is 18.7. The maximum atomic E-state index is 14.0. The Labute approximate surface area is 393 Å². The molecule has 2 saturated carbocycles.